The molecule has 0 radical (unpaired) electrons. The molecule has 14 amide bonds. The normalized spacial score (nSPS) is 20.8. The summed E-state index contributed by atoms with van der Waals surface area (Å²) in [5.41, 5.74) is 17.3. The molecule has 4 aromatic rings. The predicted octanol–water partition coefficient (Wildman–Crippen LogP) is 4.76. The van der Waals surface area contributed by atoms with Gasteiger partial charge in [0.05, 0.1) is 0 Å². The molecule has 93 heavy (non-hydrogen) atoms. The van der Waals surface area contributed by atoms with Gasteiger partial charge in [0.2, 0.25) is 35.4 Å². The Balaban J connectivity index is 0.000000160. The van der Waals surface area contributed by atoms with E-state index >= 15 is 0 Å². The summed E-state index contributed by atoms with van der Waals surface area (Å²) in [6.45, 7) is 11.6. The fourth-order valence-electron chi connectivity index (χ4n) is 11.9. The maximum absolute atomic E-state index is 12.8. The van der Waals surface area contributed by atoms with Gasteiger partial charge in [-0.1, -0.05) is 24.3 Å². The highest BCUT2D eigenvalue weighted by molar-refractivity contribution is 6.10. The molecule has 8 aliphatic heterocycles. The van der Waals surface area contributed by atoms with E-state index in [9.17, 15) is 67.1 Å². The van der Waals surface area contributed by atoms with E-state index in [2.05, 4.69) is 21.3 Å². The SMILES string of the molecule is CC(C)(C)OC(=O)Nc1cccc2c1CN(C1CCC(=O)NC1=O)C2=O.CN1C(=O)CCC(N2Cc3c(N)cccc3C2=O)C1=O.CN1C(=O)CCC(N2Cc3c(NC(=O)OC(C)(C)C)cccc3C2=O)C1=O.Cl.Nc1cccc2c1CN(C1CCC(=O)NC1=O)C2=O. The number of rotatable bonds is 6. The third-order valence-electron chi connectivity index (χ3n) is 16.5. The van der Waals surface area contributed by atoms with Gasteiger partial charge in [-0.25, -0.2) is 9.59 Å². The third-order valence-corrected chi connectivity index (χ3v) is 16.5. The number of fused-ring (bicyclic) bond motifs is 4. The maximum atomic E-state index is 12.8. The highest BCUT2D eigenvalue weighted by Crippen LogP contribution is 2.37. The molecule has 4 saturated heterocycles. The van der Waals surface area contributed by atoms with Crippen LogP contribution in [0.15, 0.2) is 72.8 Å². The van der Waals surface area contributed by atoms with E-state index in [1.165, 1.54) is 33.7 Å². The number of hydrogen-bond acceptors (Lipinski definition) is 18. The zero-order valence-electron chi connectivity index (χ0n) is 52.5. The van der Waals surface area contributed by atoms with Crippen LogP contribution in [0.3, 0.4) is 0 Å². The lowest BCUT2D eigenvalue weighted by Gasteiger charge is -2.33. The van der Waals surface area contributed by atoms with Gasteiger partial charge in [-0.2, -0.15) is 0 Å². The molecule has 4 aromatic carbocycles. The van der Waals surface area contributed by atoms with Gasteiger partial charge < -0.3 is 40.5 Å². The molecular weight excluding hydrogens is 1230 g/mol. The number of carbonyl (C=O) groups excluding carboxylic acids is 14. The molecule has 492 valence electrons. The number of nitrogens with zero attached hydrogens (tertiary/aromatic N) is 6. The summed E-state index contributed by atoms with van der Waals surface area (Å²) in [5, 5.41) is 9.88. The summed E-state index contributed by atoms with van der Waals surface area (Å²) < 4.78 is 10.5. The second-order valence-corrected chi connectivity index (χ2v) is 25.0. The molecule has 8 N–H and O–H groups in total. The van der Waals surface area contributed by atoms with Crippen LogP contribution in [0.4, 0.5) is 32.3 Å². The zero-order chi connectivity index (χ0) is 67.0. The highest BCUT2D eigenvalue weighted by Gasteiger charge is 2.45. The number of imide groups is 4. The Bertz CT molecular complexity index is 3820. The van der Waals surface area contributed by atoms with Gasteiger partial charge in [0.1, 0.15) is 35.4 Å². The van der Waals surface area contributed by atoms with E-state index in [1.54, 1.807) is 114 Å². The first-order valence-corrected chi connectivity index (χ1v) is 29.8. The van der Waals surface area contributed by atoms with Crippen LogP contribution >= 0.6 is 12.4 Å². The predicted molar refractivity (Wildman–Crippen MR) is 335 cm³/mol. The van der Waals surface area contributed by atoms with E-state index < -0.39 is 59.4 Å². The Labute approximate surface area is 540 Å². The van der Waals surface area contributed by atoms with Crippen LogP contribution in [0.25, 0.3) is 0 Å². The van der Waals surface area contributed by atoms with Gasteiger partial charge in [-0.15, -0.1) is 12.4 Å². The quantitative estimate of drug-likeness (QED) is 0.112. The Morgan fingerprint density at radius 3 is 1.04 bits per heavy atom. The molecule has 0 saturated carbocycles. The fourth-order valence-corrected chi connectivity index (χ4v) is 11.9. The number of carbonyl (C=O) groups is 14. The Morgan fingerprint density at radius 1 is 0.441 bits per heavy atom. The fraction of sp³-hybridized carbons (Fsp3) is 0.406. The summed E-state index contributed by atoms with van der Waals surface area (Å²) in [4.78, 5) is 177. The first kappa shape index (κ1) is 68.7. The first-order chi connectivity index (χ1) is 43.3. The van der Waals surface area contributed by atoms with Crippen LogP contribution in [0, 0.1) is 0 Å². The summed E-state index contributed by atoms with van der Waals surface area (Å²) in [6.07, 6.45) is 1.06. The van der Waals surface area contributed by atoms with Crippen LogP contribution in [-0.4, -0.2) is 162 Å². The molecule has 4 atom stereocenters. The monoisotopic (exact) mass is 1300 g/mol. The largest absolute Gasteiger partial charge is 0.444 e. The van der Waals surface area contributed by atoms with Crippen molar-refractivity contribution in [1.29, 1.82) is 0 Å². The van der Waals surface area contributed by atoms with Crippen molar-refractivity contribution in [1.82, 2.24) is 40.0 Å². The molecule has 8 aliphatic rings. The molecule has 0 bridgehead atoms. The second-order valence-electron chi connectivity index (χ2n) is 25.0. The number of piperidine rings is 4. The van der Waals surface area contributed by atoms with Crippen molar-refractivity contribution in [2.45, 2.75) is 154 Å². The topological polar surface area (TPSA) is 377 Å². The molecule has 28 nitrogen and oxygen atoms in total. The average Bonchev–Trinajstić information content (AvgIpc) is 1.66. The van der Waals surface area contributed by atoms with E-state index in [1.807, 2.05) is 0 Å². The molecule has 0 aliphatic carbocycles. The van der Waals surface area contributed by atoms with Gasteiger partial charge in [0.25, 0.3) is 35.4 Å². The minimum Gasteiger partial charge on any atom is -0.444 e. The number of likely N-dealkylation sites (N-methyl/N-ethyl adjacent to an activating group) is 2. The van der Waals surface area contributed by atoms with Crippen molar-refractivity contribution in [3.05, 3.63) is 117 Å². The number of nitrogens with two attached hydrogens (primary N) is 2. The Kier molecular flexibility index (Phi) is 20.1. The lowest BCUT2D eigenvalue weighted by Crippen LogP contribution is -2.53. The van der Waals surface area contributed by atoms with Crippen LogP contribution in [0.1, 0.15) is 157 Å². The lowest BCUT2D eigenvalue weighted by atomic mass is 10.0. The smallest absolute Gasteiger partial charge is 0.412 e. The number of nitrogen functional groups attached to an aromatic ring is 2. The van der Waals surface area contributed by atoms with Crippen molar-refractivity contribution < 1.29 is 76.6 Å². The summed E-state index contributed by atoms with van der Waals surface area (Å²) in [7, 11) is 2.89. The molecule has 8 heterocycles. The minimum atomic E-state index is -0.693. The van der Waals surface area contributed by atoms with Crippen molar-refractivity contribution >= 4 is 118 Å². The Hall–Kier alpha value is -10.3. The number of halogens is 1. The Morgan fingerprint density at radius 2 is 0.731 bits per heavy atom. The van der Waals surface area contributed by atoms with E-state index in [0.29, 0.717) is 94.9 Å². The van der Waals surface area contributed by atoms with Crippen molar-refractivity contribution in [3.63, 3.8) is 0 Å². The standard InChI is InChI=1S/C19H23N3O5.C18H21N3O5.C14H15N3O3.C13H13N3O3.ClH/c1-19(2,3)27-18(26)20-13-7-5-6-11-12(13)10-22(16(11)24)14-8-9-15(23)21(4)17(14)25;1-18(2,3)26-17(25)19-12-6-4-5-10-11(12)9-21(16(10)24)13-7-8-14(22)20-15(13)23;1-16-12(18)6-5-11(14(16)20)17-7-9-8(13(17)19)3-2-4-10(9)15;14-9-3-1-2-7-8(9)6-16(13(7)19)10-4-5-11(17)15-12(10)18;/h5-7,14H,8-10H2,1-4H3,(H,20,26);4-6,13H,7-9H2,1-3H3,(H,19,25)(H,20,22,23);2-4,11H,5-7,15H2,1H3;1-3,10H,4-6,14H2,(H,15,17,18);1H. The summed E-state index contributed by atoms with van der Waals surface area (Å²) in [6, 6.07) is 17.9. The van der Waals surface area contributed by atoms with Crippen molar-refractivity contribution in [2.75, 3.05) is 36.2 Å². The number of amides is 14. The molecule has 29 heteroatoms. The van der Waals surface area contributed by atoms with Crippen LogP contribution in [-0.2, 0) is 74.0 Å². The zero-order valence-corrected chi connectivity index (χ0v) is 53.3. The van der Waals surface area contributed by atoms with Crippen LogP contribution in [0.5, 0.6) is 0 Å². The van der Waals surface area contributed by atoms with E-state index in [0.717, 1.165) is 20.9 Å². The molecular formula is C64H73ClN12O16. The number of benzene rings is 4. The second kappa shape index (κ2) is 27.3. The third kappa shape index (κ3) is 14.7. The number of hydrogen-bond donors (Lipinski definition) is 6. The van der Waals surface area contributed by atoms with Crippen molar-refractivity contribution in [2.24, 2.45) is 0 Å². The summed E-state index contributed by atoms with van der Waals surface area (Å²) >= 11 is 0. The molecule has 4 fully saturated rings. The molecule has 4 unspecified atom stereocenters. The van der Waals surface area contributed by atoms with Gasteiger partial charge >= 0.3 is 12.2 Å². The molecule has 12 rings (SSSR count). The van der Waals surface area contributed by atoms with Gasteiger partial charge in [0, 0.05) is 133 Å². The number of nitrogens with one attached hydrogen (secondary N) is 4. The lowest BCUT2D eigenvalue weighted by molar-refractivity contribution is -0.151. The van der Waals surface area contributed by atoms with Gasteiger partial charge in [-0.05, 0) is 116 Å². The van der Waals surface area contributed by atoms with Gasteiger partial charge in [0.15, 0.2) is 0 Å². The van der Waals surface area contributed by atoms with E-state index in [4.69, 9.17) is 20.9 Å². The first-order valence-electron chi connectivity index (χ1n) is 29.8. The summed E-state index contributed by atoms with van der Waals surface area (Å²) in [5.74, 6) is -3.59. The molecule has 0 spiro atoms. The average molecular weight is 1300 g/mol. The van der Waals surface area contributed by atoms with E-state index in [-0.39, 0.29) is 110 Å². The van der Waals surface area contributed by atoms with Gasteiger partial charge in [-0.3, -0.25) is 88.6 Å². The number of ether oxygens (including phenoxy) is 2. The van der Waals surface area contributed by atoms with Crippen LogP contribution in [0.2, 0.25) is 0 Å². The number of anilines is 4. The highest BCUT2D eigenvalue weighted by atomic mass is 35.5. The minimum absolute atomic E-state index is 0. The van der Waals surface area contributed by atoms with Crippen molar-refractivity contribution in [3.8, 4) is 0 Å². The van der Waals surface area contributed by atoms with Crippen LogP contribution < -0.4 is 32.7 Å². The maximum Gasteiger partial charge on any atom is 0.412 e. The number of likely N-dealkylation sites (tertiary alicyclic amines) is 2. The molecule has 0 aromatic heterocycles.